The van der Waals surface area contributed by atoms with Gasteiger partial charge in [0.2, 0.25) is 6.79 Å². The number of halogens is 1. The Morgan fingerprint density at radius 1 is 1.19 bits per heavy atom. The van der Waals surface area contributed by atoms with E-state index in [0.29, 0.717) is 18.3 Å². The highest BCUT2D eigenvalue weighted by atomic mass is 32.2. The number of amides is 1. The molecule has 2 aromatic rings. The lowest BCUT2D eigenvalue weighted by atomic mass is 10.1. The lowest BCUT2D eigenvalue weighted by Gasteiger charge is -2.20. The first-order valence-corrected chi connectivity index (χ1v) is 9.92. The molecule has 0 aromatic heterocycles. The van der Waals surface area contributed by atoms with Crippen molar-refractivity contribution in [3.05, 3.63) is 53.8 Å². The number of hydrogen-bond acceptors (Lipinski definition) is 5. The minimum Gasteiger partial charge on any atom is -0.481 e. The minimum absolute atomic E-state index is 0.105. The summed E-state index contributed by atoms with van der Waals surface area (Å²) in [4.78, 5) is 14.3. The third-order valence-corrected chi connectivity index (χ3v) is 5.98. The zero-order valence-electron chi connectivity index (χ0n) is 14.7. The summed E-state index contributed by atoms with van der Waals surface area (Å²) in [5.41, 5.74) is 1.18. The average Bonchev–Trinajstić information content (AvgIpc) is 3.01. The molecule has 1 amide bonds. The second-order valence-electron chi connectivity index (χ2n) is 6.36. The van der Waals surface area contributed by atoms with Crippen molar-refractivity contribution in [3.8, 4) is 17.2 Å². The van der Waals surface area contributed by atoms with Gasteiger partial charge in [-0.05, 0) is 36.2 Å². The van der Waals surface area contributed by atoms with Crippen LogP contribution in [0.1, 0.15) is 17.2 Å². The van der Waals surface area contributed by atoms with Crippen molar-refractivity contribution in [2.24, 2.45) is 0 Å². The smallest absolute Gasteiger partial charge is 0.260 e. The molecule has 1 saturated heterocycles. The first-order chi connectivity index (χ1) is 13.2. The number of thioether (sulfide) groups is 1. The molecule has 0 spiro atoms. The number of fused-ring (bicyclic) bond motifs is 1. The molecule has 1 unspecified atom stereocenters. The Morgan fingerprint density at radius 3 is 2.93 bits per heavy atom. The molecule has 1 fully saturated rings. The predicted molar refractivity (Wildman–Crippen MR) is 101 cm³/mol. The topological polar surface area (TPSA) is 48.0 Å². The maximum Gasteiger partial charge on any atom is 0.260 e. The Hall–Kier alpha value is -2.41. The lowest BCUT2D eigenvalue weighted by Crippen LogP contribution is -2.36. The molecule has 4 rings (SSSR count). The van der Waals surface area contributed by atoms with Crippen LogP contribution >= 0.6 is 11.8 Å². The van der Waals surface area contributed by atoms with E-state index in [-0.39, 0.29) is 25.1 Å². The van der Waals surface area contributed by atoms with E-state index in [9.17, 15) is 9.18 Å². The maximum absolute atomic E-state index is 13.6. The molecule has 2 aliphatic rings. The zero-order chi connectivity index (χ0) is 18.6. The Balaban J connectivity index is 1.34. The van der Waals surface area contributed by atoms with Crippen LogP contribution in [0.2, 0.25) is 0 Å². The monoisotopic (exact) mass is 389 g/mol. The number of carbonyl (C=O) groups excluding carboxylic acids is 1. The number of rotatable bonds is 4. The number of carbonyl (C=O) groups is 1. The number of para-hydroxylation sites is 1. The van der Waals surface area contributed by atoms with Crippen LogP contribution in [-0.2, 0) is 4.79 Å². The number of benzene rings is 2. The van der Waals surface area contributed by atoms with Gasteiger partial charge >= 0.3 is 0 Å². The van der Waals surface area contributed by atoms with Gasteiger partial charge in [0.15, 0.2) is 29.7 Å². The third-order valence-electron chi connectivity index (χ3n) is 4.65. The van der Waals surface area contributed by atoms with Gasteiger partial charge in [0.1, 0.15) is 0 Å². The van der Waals surface area contributed by atoms with Crippen LogP contribution in [0.5, 0.6) is 17.2 Å². The van der Waals surface area contributed by atoms with Gasteiger partial charge < -0.3 is 19.1 Å². The van der Waals surface area contributed by atoms with E-state index in [1.807, 2.05) is 23.9 Å². The lowest BCUT2D eigenvalue weighted by molar-refractivity contribution is -0.133. The normalized spacial score (nSPS) is 18.9. The average molecular weight is 389 g/mol. The van der Waals surface area contributed by atoms with Crippen molar-refractivity contribution in [2.75, 3.05) is 32.2 Å². The molecule has 5 nitrogen and oxygen atoms in total. The van der Waals surface area contributed by atoms with E-state index in [4.69, 9.17) is 14.2 Å². The highest BCUT2D eigenvalue weighted by molar-refractivity contribution is 7.99. The van der Waals surface area contributed by atoms with E-state index in [1.54, 1.807) is 17.0 Å². The van der Waals surface area contributed by atoms with Gasteiger partial charge in [0.05, 0.1) is 0 Å². The molecule has 0 bridgehead atoms. The Kier molecular flexibility index (Phi) is 5.38. The fraction of sp³-hybridized carbons (Fsp3) is 0.350. The van der Waals surface area contributed by atoms with Gasteiger partial charge in [0.25, 0.3) is 5.91 Å². The van der Waals surface area contributed by atoms with E-state index < -0.39 is 5.82 Å². The van der Waals surface area contributed by atoms with Crippen molar-refractivity contribution < 1.29 is 23.4 Å². The van der Waals surface area contributed by atoms with Gasteiger partial charge in [-0.25, -0.2) is 4.39 Å². The van der Waals surface area contributed by atoms with Crippen LogP contribution in [0.3, 0.4) is 0 Å². The molecule has 2 heterocycles. The summed E-state index contributed by atoms with van der Waals surface area (Å²) < 4.78 is 29.8. The van der Waals surface area contributed by atoms with Crippen LogP contribution < -0.4 is 14.2 Å². The minimum atomic E-state index is -0.459. The molecule has 0 radical (unpaired) electrons. The largest absolute Gasteiger partial charge is 0.481 e. The standard InChI is InChI=1S/C20H20FNO4S/c21-15-3-1-2-4-16(15)24-12-20(23)22-8-7-19(27-10-9-22)14-5-6-17-18(11-14)26-13-25-17/h1-6,11,19H,7-10,12-13H2. The van der Waals surface area contributed by atoms with E-state index in [1.165, 1.54) is 17.7 Å². The van der Waals surface area contributed by atoms with E-state index in [2.05, 4.69) is 6.07 Å². The Bertz CT molecular complexity index is 831. The fourth-order valence-corrected chi connectivity index (χ4v) is 4.41. The highest BCUT2D eigenvalue weighted by Gasteiger charge is 2.24. The molecule has 0 aliphatic carbocycles. The summed E-state index contributed by atoms with van der Waals surface area (Å²) in [5, 5.41) is 0.296. The Morgan fingerprint density at radius 2 is 2.04 bits per heavy atom. The summed E-state index contributed by atoms with van der Waals surface area (Å²) in [6, 6.07) is 12.1. The summed E-state index contributed by atoms with van der Waals surface area (Å²) in [6.07, 6.45) is 0.843. The molecule has 27 heavy (non-hydrogen) atoms. The SMILES string of the molecule is O=C(COc1ccccc1F)N1CCSC(c2ccc3c(c2)OCO3)CC1. The molecule has 1 atom stereocenters. The highest BCUT2D eigenvalue weighted by Crippen LogP contribution is 2.40. The van der Waals surface area contributed by atoms with Gasteiger partial charge in [0, 0.05) is 24.1 Å². The molecule has 7 heteroatoms. The zero-order valence-corrected chi connectivity index (χ0v) is 15.5. The van der Waals surface area contributed by atoms with Crippen molar-refractivity contribution in [1.29, 1.82) is 0 Å². The van der Waals surface area contributed by atoms with E-state index in [0.717, 1.165) is 23.7 Å². The summed E-state index contributed by atoms with van der Waals surface area (Å²) in [5.74, 6) is 1.92. The molecule has 2 aromatic carbocycles. The summed E-state index contributed by atoms with van der Waals surface area (Å²) in [6.45, 7) is 1.41. The number of hydrogen-bond donors (Lipinski definition) is 0. The second kappa shape index (κ2) is 8.08. The van der Waals surface area contributed by atoms with Crippen LogP contribution in [0.25, 0.3) is 0 Å². The van der Waals surface area contributed by atoms with Gasteiger partial charge in [-0.1, -0.05) is 18.2 Å². The summed E-state index contributed by atoms with van der Waals surface area (Å²) >= 11 is 1.83. The van der Waals surface area contributed by atoms with Gasteiger partial charge in [-0.3, -0.25) is 4.79 Å². The van der Waals surface area contributed by atoms with Crippen molar-refractivity contribution in [1.82, 2.24) is 4.90 Å². The molecular formula is C20H20FNO4S. The van der Waals surface area contributed by atoms with Crippen molar-refractivity contribution >= 4 is 17.7 Å². The molecule has 142 valence electrons. The van der Waals surface area contributed by atoms with Crippen molar-refractivity contribution in [2.45, 2.75) is 11.7 Å². The quantitative estimate of drug-likeness (QED) is 0.799. The van der Waals surface area contributed by atoms with Crippen LogP contribution in [0.15, 0.2) is 42.5 Å². The van der Waals surface area contributed by atoms with E-state index >= 15 is 0 Å². The number of nitrogens with zero attached hydrogens (tertiary/aromatic N) is 1. The first kappa shape index (κ1) is 18.0. The van der Waals surface area contributed by atoms with Crippen LogP contribution in [0.4, 0.5) is 4.39 Å². The Labute approximate surface area is 161 Å². The summed E-state index contributed by atoms with van der Waals surface area (Å²) in [7, 11) is 0. The molecule has 2 aliphatic heterocycles. The predicted octanol–water partition coefficient (Wildman–Crippen LogP) is 3.64. The number of ether oxygens (including phenoxy) is 3. The molecule has 0 saturated carbocycles. The third kappa shape index (κ3) is 4.13. The van der Waals surface area contributed by atoms with Crippen LogP contribution in [0, 0.1) is 5.82 Å². The maximum atomic E-state index is 13.6. The fourth-order valence-electron chi connectivity index (χ4n) is 3.19. The first-order valence-electron chi connectivity index (χ1n) is 8.87. The molecule has 0 N–H and O–H groups in total. The van der Waals surface area contributed by atoms with Gasteiger partial charge in [-0.15, -0.1) is 0 Å². The molecular weight excluding hydrogens is 369 g/mol. The van der Waals surface area contributed by atoms with Crippen molar-refractivity contribution in [3.63, 3.8) is 0 Å². The van der Waals surface area contributed by atoms with Crippen LogP contribution in [-0.4, -0.2) is 43.0 Å². The second-order valence-corrected chi connectivity index (χ2v) is 7.67. The van der Waals surface area contributed by atoms with Gasteiger partial charge in [-0.2, -0.15) is 11.8 Å².